The second kappa shape index (κ2) is 10.7. The minimum Gasteiger partial charge on any atom is -0.410 e. The highest BCUT2D eigenvalue weighted by Crippen LogP contribution is 2.40. The van der Waals surface area contributed by atoms with E-state index >= 15 is 0 Å². The maximum atomic E-state index is 13.0. The lowest BCUT2D eigenvalue weighted by Crippen LogP contribution is -2.39. The molecule has 1 saturated heterocycles. The fraction of sp³-hybridized carbons (Fsp3) is 0.423. The van der Waals surface area contributed by atoms with E-state index < -0.39 is 12.0 Å². The molecule has 0 spiro atoms. The molecule has 2 aromatic rings. The molecule has 0 saturated carbocycles. The predicted molar refractivity (Wildman–Crippen MR) is 130 cm³/mol. The number of carbonyl (C=O) groups is 3. The van der Waals surface area contributed by atoms with Gasteiger partial charge in [0.2, 0.25) is 0 Å². The highest BCUT2D eigenvalue weighted by molar-refractivity contribution is 6.25. The van der Waals surface area contributed by atoms with E-state index in [1.54, 1.807) is 18.2 Å². The maximum absolute atomic E-state index is 13.0. The molecule has 1 aliphatic carbocycles. The van der Waals surface area contributed by atoms with Crippen LogP contribution in [0.25, 0.3) is 11.1 Å². The van der Waals surface area contributed by atoms with Crippen LogP contribution in [0.1, 0.15) is 38.3 Å². The summed E-state index contributed by atoms with van der Waals surface area (Å²) in [4.78, 5) is 39.8. The van der Waals surface area contributed by atoms with Crippen LogP contribution in [-0.4, -0.2) is 75.5 Å². The van der Waals surface area contributed by atoms with Gasteiger partial charge >= 0.3 is 6.09 Å². The zero-order chi connectivity index (χ0) is 25.1. The number of carbonyl (C=O) groups excluding carboxylic acids is 3. The summed E-state index contributed by atoms with van der Waals surface area (Å²) in [5.41, 5.74) is 10.6. The number of amides is 3. The monoisotopic (exact) mass is 495 g/mol. The third-order valence-corrected chi connectivity index (χ3v) is 6.61. The van der Waals surface area contributed by atoms with Gasteiger partial charge in [0.1, 0.15) is 5.75 Å². The van der Waals surface area contributed by atoms with Crippen molar-refractivity contribution in [2.45, 2.75) is 19.3 Å². The molecule has 3 amide bonds. The average molecular weight is 496 g/mol. The Labute approximate surface area is 208 Å². The van der Waals surface area contributed by atoms with Gasteiger partial charge in [-0.25, -0.2) is 4.79 Å². The molecule has 1 fully saturated rings. The van der Waals surface area contributed by atoms with Crippen LogP contribution in [-0.2, 0) is 27.1 Å². The van der Waals surface area contributed by atoms with Crippen LogP contribution in [0, 0.1) is 0 Å². The summed E-state index contributed by atoms with van der Waals surface area (Å²) in [5, 5.41) is 2.42. The van der Waals surface area contributed by atoms with E-state index in [9.17, 15) is 14.4 Å². The van der Waals surface area contributed by atoms with Gasteiger partial charge in [0, 0.05) is 24.3 Å². The van der Waals surface area contributed by atoms with Gasteiger partial charge in [0.15, 0.2) is 0 Å². The number of nitrogens with zero attached hydrogens (tertiary/aromatic N) is 1. The lowest BCUT2D eigenvalue weighted by atomic mass is 9.90. The molecule has 36 heavy (non-hydrogen) atoms. The number of hydrogen-bond donors (Lipinski definition) is 2. The minimum atomic E-state index is -0.543. The van der Waals surface area contributed by atoms with E-state index in [1.807, 2.05) is 6.07 Å². The molecule has 2 heterocycles. The summed E-state index contributed by atoms with van der Waals surface area (Å²) < 4.78 is 22.1. The Morgan fingerprint density at radius 3 is 2.25 bits per heavy atom. The van der Waals surface area contributed by atoms with Crippen LogP contribution < -0.4 is 15.8 Å². The van der Waals surface area contributed by atoms with Gasteiger partial charge in [0.05, 0.1) is 50.8 Å². The number of nitrogens with one attached hydrogen (secondary N) is 1. The van der Waals surface area contributed by atoms with Crippen LogP contribution in [0.5, 0.6) is 5.75 Å². The number of ether oxygens (including phenoxy) is 4. The maximum Gasteiger partial charge on any atom is 0.415 e. The van der Waals surface area contributed by atoms with Crippen LogP contribution in [0.3, 0.4) is 0 Å². The molecule has 0 radical (unpaired) electrons. The van der Waals surface area contributed by atoms with Crippen molar-refractivity contribution in [1.29, 1.82) is 0 Å². The van der Waals surface area contributed by atoms with Crippen LogP contribution >= 0.6 is 0 Å². The number of rotatable bonds is 2. The first-order chi connectivity index (χ1) is 17.5. The molecule has 190 valence electrons. The quantitative estimate of drug-likeness (QED) is 0.479. The Morgan fingerprint density at radius 2 is 1.53 bits per heavy atom. The topological polar surface area (TPSA) is 129 Å². The summed E-state index contributed by atoms with van der Waals surface area (Å²) in [6, 6.07) is 6.82. The van der Waals surface area contributed by atoms with Crippen molar-refractivity contribution in [3.8, 4) is 16.9 Å². The molecule has 2 aromatic carbocycles. The number of nitrogens with two attached hydrogens (primary N) is 1. The highest BCUT2D eigenvalue weighted by atomic mass is 16.6. The van der Waals surface area contributed by atoms with E-state index in [-0.39, 0.29) is 11.7 Å². The molecule has 10 nitrogen and oxygen atoms in total. The highest BCUT2D eigenvalue weighted by Gasteiger charge is 2.35. The second-order valence-corrected chi connectivity index (χ2v) is 8.89. The second-order valence-electron chi connectivity index (χ2n) is 8.89. The third-order valence-electron chi connectivity index (χ3n) is 6.61. The molecule has 3 aliphatic rings. The van der Waals surface area contributed by atoms with Gasteiger partial charge < -0.3 is 29.6 Å². The minimum absolute atomic E-state index is 0.282. The first kappa shape index (κ1) is 24.2. The van der Waals surface area contributed by atoms with Crippen LogP contribution in [0.2, 0.25) is 0 Å². The van der Waals surface area contributed by atoms with Crippen LogP contribution in [0.4, 0.5) is 10.5 Å². The summed E-state index contributed by atoms with van der Waals surface area (Å²) in [7, 11) is 0. The fourth-order valence-electron chi connectivity index (χ4n) is 4.85. The zero-order valence-corrected chi connectivity index (χ0v) is 20.0. The molecule has 5 rings (SSSR count). The molecule has 2 aliphatic heterocycles. The summed E-state index contributed by atoms with van der Waals surface area (Å²) in [5.74, 6) is -0.529. The van der Waals surface area contributed by atoms with Crippen molar-refractivity contribution in [2.24, 2.45) is 0 Å². The molecule has 0 bridgehead atoms. The Bertz CT molecular complexity index is 1180. The van der Waals surface area contributed by atoms with E-state index in [0.29, 0.717) is 80.7 Å². The molecule has 10 heteroatoms. The van der Waals surface area contributed by atoms with E-state index in [4.69, 9.17) is 24.7 Å². The Balaban J connectivity index is 1.40. The van der Waals surface area contributed by atoms with E-state index in [1.165, 1.54) is 4.90 Å². The predicted octanol–water partition coefficient (Wildman–Crippen LogP) is 2.17. The Hall–Kier alpha value is -3.47. The Kier molecular flexibility index (Phi) is 7.17. The van der Waals surface area contributed by atoms with Gasteiger partial charge in [0.25, 0.3) is 11.8 Å². The summed E-state index contributed by atoms with van der Waals surface area (Å²) >= 11 is 0. The Morgan fingerprint density at radius 1 is 0.861 bits per heavy atom. The number of fused-ring (bicyclic) bond motifs is 3. The average Bonchev–Trinajstić information content (AvgIpc) is 3.43. The van der Waals surface area contributed by atoms with Gasteiger partial charge in [-0.3, -0.25) is 14.9 Å². The molecule has 0 unspecified atom stereocenters. The van der Waals surface area contributed by atoms with Crippen LogP contribution in [0.15, 0.2) is 24.3 Å². The van der Waals surface area contributed by atoms with Gasteiger partial charge in [-0.1, -0.05) is 0 Å². The number of hydrogen-bond acceptors (Lipinski definition) is 8. The summed E-state index contributed by atoms with van der Waals surface area (Å²) in [6.45, 7) is 3.17. The van der Waals surface area contributed by atoms with E-state index in [2.05, 4.69) is 5.32 Å². The van der Waals surface area contributed by atoms with Crippen molar-refractivity contribution in [3.63, 3.8) is 0 Å². The molecule has 3 N–H and O–H groups in total. The smallest absolute Gasteiger partial charge is 0.410 e. The molecule has 0 atom stereocenters. The largest absolute Gasteiger partial charge is 0.415 e. The first-order valence-electron chi connectivity index (χ1n) is 12.2. The number of benzene rings is 2. The lowest BCUT2D eigenvalue weighted by Gasteiger charge is -2.23. The lowest BCUT2D eigenvalue weighted by molar-refractivity contribution is -0.00342. The number of nitrogen functional groups attached to an aromatic ring is 1. The van der Waals surface area contributed by atoms with Crippen molar-refractivity contribution < 1.29 is 33.3 Å². The van der Waals surface area contributed by atoms with Crippen molar-refractivity contribution in [3.05, 3.63) is 46.5 Å². The zero-order valence-electron chi connectivity index (χ0n) is 20.0. The SMILES string of the molecule is Nc1ccc(OC(=O)N2CCOCCOCCOCC2)cc1-c1cc2c(c3c1C(=O)NC3=O)CCC2. The molecular weight excluding hydrogens is 466 g/mol. The van der Waals surface area contributed by atoms with Gasteiger partial charge in [-0.15, -0.1) is 0 Å². The summed E-state index contributed by atoms with van der Waals surface area (Å²) in [6.07, 6.45) is 1.98. The van der Waals surface area contributed by atoms with Crippen molar-refractivity contribution in [1.82, 2.24) is 10.2 Å². The molecular formula is C26H29N3O7. The third kappa shape index (κ3) is 4.92. The van der Waals surface area contributed by atoms with Gasteiger partial charge in [-0.2, -0.15) is 0 Å². The number of aryl methyl sites for hydroxylation is 1. The fourth-order valence-corrected chi connectivity index (χ4v) is 4.85. The number of anilines is 1. The van der Waals surface area contributed by atoms with E-state index in [0.717, 1.165) is 30.4 Å². The number of imide groups is 1. The standard InChI is InChI=1S/C26H29N3O7/c27-21-5-4-17(36-26(32)29-6-8-33-10-12-35-13-11-34-9-7-29)15-19(21)20-14-16-2-1-3-18(16)22-23(20)25(31)28-24(22)30/h4-5,14-15H,1-3,6-13,27H2,(H,28,30,31). The van der Waals surface area contributed by atoms with Gasteiger partial charge in [-0.05, 0) is 60.2 Å². The van der Waals surface area contributed by atoms with Crippen molar-refractivity contribution in [2.75, 3.05) is 58.5 Å². The molecule has 0 aromatic heterocycles. The van der Waals surface area contributed by atoms with Crippen molar-refractivity contribution >= 4 is 23.6 Å². The normalized spacial score (nSPS) is 18.6. The first-order valence-corrected chi connectivity index (χ1v) is 12.2.